The number of hydrogen-bond donors (Lipinski definition) is 0. The molecule has 0 fully saturated rings. The monoisotopic (exact) mass is 421 g/mol. The van der Waals surface area contributed by atoms with E-state index in [2.05, 4.69) is 28.1 Å². The van der Waals surface area contributed by atoms with Gasteiger partial charge in [-0.15, -0.1) is 0 Å². The Morgan fingerprint density at radius 2 is 0.889 bits per heavy atom. The Kier molecular flexibility index (Phi) is 15.2. The van der Waals surface area contributed by atoms with Crippen molar-refractivity contribution in [3.05, 3.63) is 62.8 Å². The maximum atomic E-state index is 5.47. The summed E-state index contributed by atoms with van der Waals surface area (Å²) in [6, 6.07) is 14.9. The Balaban J connectivity index is 0.000000483. The molecule has 0 saturated carbocycles. The molecule has 0 unspecified atom stereocenters. The van der Waals surface area contributed by atoms with Gasteiger partial charge in [-0.1, -0.05) is 26.7 Å². The minimum Gasteiger partial charge on any atom is -0.665 e. The predicted molar refractivity (Wildman–Crippen MR) is 106 cm³/mol. The third kappa shape index (κ3) is 11.5. The van der Waals surface area contributed by atoms with Crippen molar-refractivity contribution in [2.45, 2.75) is 39.5 Å². The van der Waals surface area contributed by atoms with Crippen LogP contribution in [0.15, 0.2) is 48.5 Å². The van der Waals surface area contributed by atoms with Crippen LogP contribution >= 0.6 is 0 Å². The van der Waals surface area contributed by atoms with E-state index in [1.54, 1.807) is 0 Å². The molecule has 27 heavy (non-hydrogen) atoms. The van der Waals surface area contributed by atoms with E-state index >= 15 is 0 Å². The number of rotatable bonds is 10. The molecule has 2 rings (SSSR count). The summed E-state index contributed by atoms with van der Waals surface area (Å²) in [6.07, 6.45) is 4.49. The minimum absolute atomic E-state index is 0. The predicted octanol–water partition coefficient (Wildman–Crippen LogP) is 6.07. The molecule has 2 aromatic carbocycles. The number of hydrogen-bond acceptors (Lipinski definition) is 4. The zero-order chi connectivity index (χ0) is 19.0. The third-order valence-electron chi connectivity index (χ3n) is 3.51. The summed E-state index contributed by atoms with van der Waals surface area (Å²) in [6.45, 7) is 5.84. The largest absolute Gasteiger partial charge is 2.00 e. The van der Waals surface area contributed by atoms with Gasteiger partial charge in [0.2, 0.25) is 0 Å². The molecule has 0 aliphatic rings. The molecule has 4 nitrogen and oxygen atoms in total. The van der Waals surface area contributed by atoms with E-state index in [1.165, 1.54) is 0 Å². The van der Waals surface area contributed by atoms with E-state index in [1.807, 2.05) is 48.5 Å². The van der Waals surface area contributed by atoms with Gasteiger partial charge >= 0.3 is 17.1 Å². The summed E-state index contributed by atoms with van der Waals surface area (Å²) in [4.78, 5) is 0. The van der Waals surface area contributed by atoms with Crippen molar-refractivity contribution in [1.82, 2.24) is 0 Å². The van der Waals surface area contributed by atoms with E-state index < -0.39 is 0 Å². The summed E-state index contributed by atoms with van der Waals surface area (Å²) in [7, 11) is 6.64. The molecule has 0 bridgehead atoms. The van der Waals surface area contributed by atoms with Crippen LogP contribution in [-0.2, 0) is 17.1 Å². The Morgan fingerprint density at radius 3 is 1.15 bits per heavy atom. The van der Waals surface area contributed by atoms with E-state index in [0.29, 0.717) is 0 Å². The van der Waals surface area contributed by atoms with Crippen molar-refractivity contribution in [2.24, 2.45) is 0 Å². The van der Waals surface area contributed by atoms with Gasteiger partial charge in [-0.2, -0.15) is 14.2 Å². The van der Waals surface area contributed by atoms with Gasteiger partial charge in [-0.25, -0.2) is 0 Å². The Labute approximate surface area is 174 Å². The van der Waals surface area contributed by atoms with E-state index in [0.717, 1.165) is 61.9 Å². The van der Waals surface area contributed by atoms with Crippen LogP contribution in [0.4, 0.5) is 0 Å². The van der Waals surface area contributed by atoms with Crippen molar-refractivity contribution in [1.29, 1.82) is 0 Å². The molecule has 0 heterocycles. The Hall–Kier alpha value is -1.84. The minimum atomic E-state index is 0. The molecule has 0 amide bonds. The van der Waals surface area contributed by atoms with Crippen molar-refractivity contribution in [3.8, 4) is 23.0 Å². The quantitative estimate of drug-likeness (QED) is 0.265. The molecule has 1 radical (unpaired) electrons. The van der Waals surface area contributed by atoms with Gasteiger partial charge < -0.3 is 18.9 Å². The molecule has 0 aromatic heterocycles. The SMILES string of the molecule is [CH2-]Oc1ccc(OCCCC)cc1.[CH2-]Oc1ccc(OCCCC)cc1.[Cu+2]. The molecule has 0 aliphatic carbocycles. The van der Waals surface area contributed by atoms with Gasteiger partial charge in [0, 0.05) is 0 Å². The molecule has 0 saturated heterocycles. The summed E-state index contributed by atoms with van der Waals surface area (Å²) in [5, 5.41) is 0. The molecule has 0 atom stereocenters. The molecular weight excluding hydrogens is 392 g/mol. The van der Waals surface area contributed by atoms with Crippen molar-refractivity contribution < 1.29 is 36.0 Å². The second-order valence-corrected chi connectivity index (χ2v) is 5.64. The van der Waals surface area contributed by atoms with Crippen LogP contribution in [-0.4, -0.2) is 13.2 Å². The molecule has 153 valence electrons. The normalized spacial score (nSPS) is 9.33. The molecule has 0 spiro atoms. The van der Waals surface area contributed by atoms with Crippen molar-refractivity contribution >= 4 is 0 Å². The topological polar surface area (TPSA) is 36.9 Å². The van der Waals surface area contributed by atoms with E-state index in [9.17, 15) is 0 Å². The number of unbranched alkanes of at least 4 members (excludes halogenated alkanes) is 2. The van der Waals surface area contributed by atoms with Crippen LogP contribution in [0.25, 0.3) is 0 Å². The van der Waals surface area contributed by atoms with Gasteiger partial charge in [0.1, 0.15) is 11.5 Å². The van der Waals surface area contributed by atoms with Crippen LogP contribution < -0.4 is 18.9 Å². The molecule has 0 N–H and O–H groups in total. The van der Waals surface area contributed by atoms with Gasteiger partial charge in [0.25, 0.3) is 0 Å². The Morgan fingerprint density at radius 1 is 0.593 bits per heavy atom. The number of benzene rings is 2. The van der Waals surface area contributed by atoms with Crippen LogP contribution in [0.1, 0.15) is 39.5 Å². The smallest absolute Gasteiger partial charge is 0.665 e. The van der Waals surface area contributed by atoms with Crippen LogP contribution in [0.3, 0.4) is 0 Å². The first kappa shape index (κ1) is 25.2. The van der Waals surface area contributed by atoms with Gasteiger partial charge in [-0.3, -0.25) is 0 Å². The van der Waals surface area contributed by atoms with Crippen LogP contribution in [0.5, 0.6) is 23.0 Å². The van der Waals surface area contributed by atoms with Crippen molar-refractivity contribution in [3.63, 3.8) is 0 Å². The maximum absolute atomic E-state index is 5.47. The standard InChI is InChI=1S/2C11H15O2.Cu/c2*1-3-4-9-13-11-7-5-10(12-2)6-8-11;/h2*5-8H,2-4,9H2,1H3;/q2*-1;+2. The van der Waals surface area contributed by atoms with Gasteiger partial charge in [0.05, 0.1) is 24.7 Å². The van der Waals surface area contributed by atoms with Crippen molar-refractivity contribution in [2.75, 3.05) is 13.2 Å². The summed E-state index contributed by atoms with van der Waals surface area (Å²) < 4.78 is 20.5. The summed E-state index contributed by atoms with van der Waals surface area (Å²) in [5.74, 6) is 3.27. The third-order valence-corrected chi connectivity index (χ3v) is 3.51. The fourth-order valence-corrected chi connectivity index (χ4v) is 1.93. The van der Waals surface area contributed by atoms with Gasteiger partial charge in [0.15, 0.2) is 0 Å². The zero-order valence-electron chi connectivity index (χ0n) is 16.2. The summed E-state index contributed by atoms with van der Waals surface area (Å²) >= 11 is 0. The maximum Gasteiger partial charge on any atom is 2.00 e. The second kappa shape index (κ2) is 16.3. The molecule has 5 heteroatoms. The fourth-order valence-electron chi connectivity index (χ4n) is 1.93. The van der Waals surface area contributed by atoms with Crippen LogP contribution in [0.2, 0.25) is 0 Å². The zero-order valence-corrected chi connectivity index (χ0v) is 17.2. The van der Waals surface area contributed by atoms with E-state index in [-0.39, 0.29) is 17.1 Å². The van der Waals surface area contributed by atoms with E-state index in [4.69, 9.17) is 18.9 Å². The Bertz CT molecular complexity index is 516. The average molecular weight is 422 g/mol. The van der Waals surface area contributed by atoms with Crippen LogP contribution in [0, 0.1) is 14.2 Å². The number of ether oxygens (including phenoxy) is 4. The first-order valence-corrected chi connectivity index (χ1v) is 9.03. The fraction of sp³-hybridized carbons (Fsp3) is 0.364. The first-order chi connectivity index (χ1) is 12.7. The van der Waals surface area contributed by atoms with Gasteiger partial charge in [-0.05, 0) is 61.4 Å². The molecule has 0 aliphatic heterocycles. The molecule has 2 aromatic rings. The molecular formula is C22H30CuO4. The second-order valence-electron chi connectivity index (χ2n) is 5.64. The average Bonchev–Trinajstić information content (AvgIpc) is 2.70. The first-order valence-electron chi connectivity index (χ1n) is 9.03. The summed E-state index contributed by atoms with van der Waals surface area (Å²) in [5.41, 5.74) is 0.